The van der Waals surface area contributed by atoms with Gasteiger partial charge in [-0.1, -0.05) is 79.4 Å². The van der Waals surface area contributed by atoms with Gasteiger partial charge in [0.15, 0.2) is 0 Å². The number of rotatable bonds is 13. The first-order chi connectivity index (χ1) is 17.7. The Morgan fingerprint density at radius 3 is 1.16 bits per heavy atom. The minimum atomic E-state index is -0.551. The number of ether oxygens (including phenoxy) is 2. The second kappa shape index (κ2) is 13.8. The van der Waals surface area contributed by atoms with E-state index in [1.54, 1.807) is 14.2 Å². The Morgan fingerprint density at radius 1 is 0.579 bits per heavy atom. The van der Waals surface area contributed by atoms with E-state index in [-0.39, 0.29) is 10.8 Å². The summed E-state index contributed by atoms with van der Waals surface area (Å²) in [4.78, 5) is 0. The second-order valence-corrected chi connectivity index (χ2v) is 13.0. The summed E-state index contributed by atoms with van der Waals surface area (Å²) >= 11 is 0. The smallest absolute Gasteiger partial charge is 0.127 e. The third kappa shape index (κ3) is 8.74. The van der Waals surface area contributed by atoms with Gasteiger partial charge in [0.25, 0.3) is 0 Å². The van der Waals surface area contributed by atoms with Gasteiger partial charge in [-0.25, -0.2) is 0 Å². The number of aryl methyl sites for hydroxylation is 2. The predicted molar refractivity (Wildman–Crippen MR) is 160 cm³/mol. The number of hydrogen-bond acceptors (Lipinski definition) is 4. The summed E-state index contributed by atoms with van der Waals surface area (Å²) in [6.07, 6.45) is 7.84. The summed E-state index contributed by atoms with van der Waals surface area (Å²) in [5.41, 5.74) is 6.72. The van der Waals surface area contributed by atoms with E-state index in [2.05, 4.69) is 65.8 Å². The summed E-state index contributed by atoms with van der Waals surface area (Å²) in [5.74, 6) is 1.69. The molecule has 0 fully saturated rings. The first kappa shape index (κ1) is 32.2. The van der Waals surface area contributed by atoms with Gasteiger partial charge < -0.3 is 19.7 Å². The number of benzene rings is 2. The van der Waals surface area contributed by atoms with E-state index >= 15 is 0 Å². The van der Waals surface area contributed by atoms with E-state index in [9.17, 15) is 10.2 Å². The first-order valence-corrected chi connectivity index (χ1v) is 14.5. The van der Waals surface area contributed by atoms with Crippen molar-refractivity contribution < 1.29 is 19.7 Å². The molecule has 2 aromatic rings. The van der Waals surface area contributed by atoms with Crippen LogP contribution >= 0.6 is 0 Å². The van der Waals surface area contributed by atoms with Crippen LogP contribution < -0.4 is 9.47 Å². The van der Waals surface area contributed by atoms with Gasteiger partial charge in [0.1, 0.15) is 11.5 Å². The van der Waals surface area contributed by atoms with Crippen molar-refractivity contribution in [2.45, 2.75) is 130 Å². The lowest BCUT2D eigenvalue weighted by atomic mass is 9.83. The molecule has 2 atom stereocenters. The van der Waals surface area contributed by atoms with Crippen LogP contribution in [0.25, 0.3) is 0 Å². The van der Waals surface area contributed by atoms with E-state index in [0.717, 1.165) is 48.3 Å². The van der Waals surface area contributed by atoms with Crippen LogP contribution in [0.3, 0.4) is 0 Å². The third-order valence-corrected chi connectivity index (χ3v) is 7.57. The Bertz CT molecular complexity index is 939. The van der Waals surface area contributed by atoms with E-state index in [1.807, 2.05) is 13.8 Å². The maximum Gasteiger partial charge on any atom is 0.127 e. The van der Waals surface area contributed by atoms with Crippen LogP contribution in [0.5, 0.6) is 11.5 Å². The molecular weight excluding hydrogens is 472 g/mol. The fourth-order valence-corrected chi connectivity index (χ4v) is 5.12. The molecule has 0 spiro atoms. The van der Waals surface area contributed by atoms with Crippen molar-refractivity contribution >= 4 is 0 Å². The zero-order valence-electron chi connectivity index (χ0n) is 25.8. The number of methoxy groups -OCH3 is 2. The molecule has 0 amide bonds. The Morgan fingerprint density at radius 2 is 0.895 bits per heavy atom. The van der Waals surface area contributed by atoms with Crippen LogP contribution in [0.1, 0.15) is 140 Å². The molecule has 0 bridgehead atoms. The molecule has 4 nitrogen and oxygen atoms in total. The van der Waals surface area contributed by atoms with Crippen LogP contribution in [0, 0.1) is 0 Å². The van der Waals surface area contributed by atoms with E-state index in [0.29, 0.717) is 0 Å². The lowest BCUT2D eigenvalue weighted by Crippen LogP contribution is -2.14. The molecule has 2 N–H and O–H groups in total. The van der Waals surface area contributed by atoms with Crippen molar-refractivity contribution in [2.75, 3.05) is 14.2 Å². The maximum absolute atomic E-state index is 10.4. The molecule has 0 aliphatic heterocycles. The van der Waals surface area contributed by atoms with Gasteiger partial charge in [-0.2, -0.15) is 0 Å². The highest BCUT2D eigenvalue weighted by Crippen LogP contribution is 2.37. The lowest BCUT2D eigenvalue weighted by Gasteiger charge is -2.24. The molecule has 2 unspecified atom stereocenters. The monoisotopic (exact) mass is 526 g/mol. The van der Waals surface area contributed by atoms with E-state index in [1.165, 1.54) is 47.9 Å². The van der Waals surface area contributed by atoms with Gasteiger partial charge in [0.2, 0.25) is 0 Å². The number of unbranched alkanes of at least 4 members (excludes halogenated alkanes) is 5. The molecule has 0 aliphatic rings. The fraction of sp³-hybridized carbons (Fsp3) is 0.647. The zero-order valence-corrected chi connectivity index (χ0v) is 25.8. The summed E-state index contributed by atoms with van der Waals surface area (Å²) < 4.78 is 11.5. The van der Waals surface area contributed by atoms with E-state index < -0.39 is 12.2 Å². The van der Waals surface area contributed by atoms with Crippen LogP contribution in [-0.4, -0.2) is 24.4 Å². The molecular formula is C34H54O4. The Labute approximate surface area is 232 Å². The molecule has 38 heavy (non-hydrogen) atoms. The number of aliphatic hydroxyl groups is 2. The molecule has 0 saturated heterocycles. The largest absolute Gasteiger partial charge is 0.496 e. The molecule has 0 radical (unpaired) electrons. The summed E-state index contributed by atoms with van der Waals surface area (Å²) in [5, 5.41) is 20.7. The van der Waals surface area contributed by atoms with Crippen LogP contribution in [0.15, 0.2) is 24.3 Å². The summed E-state index contributed by atoms with van der Waals surface area (Å²) in [6.45, 7) is 16.9. The average Bonchev–Trinajstić information content (AvgIpc) is 2.83. The quantitative estimate of drug-likeness (QED) is 0.257. The highest BCUT2D eigenvalue weighted by molar-refractivity contribution is 5.48. The van der Waals surface area contributed by atoms with Gasteiger partial charge in [-0.3, -0.25) is 0 Å². The second-order valence-electron chi connectivity index (χ2n) is 13.0. The van der Waals surface area contributed by atoms with Gasteiger partial charge in [-0.15, -0.1) is 0 Å². The molecule has 0 saturated carbocycles. The molecule has 214 valence electrons. The average molecular weight is 527 g/mol. The standard InChI is InChI=1S/C34H54O4/c1-23(35)29-21-27(33(3,4)5)19-25(31(29)37-9)17-15-13-11-12-14-16-18-26-20-28(34(6,7)8)22-30(24(2)36)32(26)38-10/h19-24,35-36H,11-18H2,1-10H3. The normalized spacial score (nSPS) is 13.9. The van der Waals surface area contributed by atoms with Crippen molar-refractivity contribution in [3.63, 3.8) is 0 Å². The van der Waals surface area contributed by atoms with E-state index in [4.69, 9.17) is 9.47 Å². The Kier molecular flexibility index (Phi) is 11.7. The highest BCUT2D eigenvalue weighted by Gasteiger charge is 2.22. The molecule has 0 aromatic heterocycles. The minimum Gasteiger partial charge on any atom is -0.496 e. The molecule has 4 heteroatoms. The van der Waals surface area contributed by atoms with Gasteiger partial charge in [-0.05, 0) is 84.7 Å². The number of hydrogen-bond donors (Lipinski definition) is 2. The third-order valence-electron chi connectivity index (χ3n) is 7.57. The lowest BCUT2D eigenvalue weighted by molar-refractivity contribution is 0.193. The van der Waals surface area contributed by atoms with Crippen LogP contribution in [0.4, 0.5) is 0 Å². The van der Waals surface area contributed by atoms with Gasteiger partial charge >= 0.3 is 0 Å². The zero-order chi connectivity index (χ0) is 28.7. The molecule has 2 aromatic carbocycles. The van der Waals surface area contributed by atoms with Crippen LogP contribution in [0.2, 0.25) is 0 Å². The van der Waals surface area contributed by atoms with Gasteiger partial charge in [0.05, 0.1) is 26.4 Å². The maximum atomic E-state index is 10.4. The topological polar surface area (TPSA) is 58.9 Å². The summed E-state index contributed by atoms with van der Waals surface area (Å²) in [7, 11) is 3.41. The Balaban J connectivity index is 1.93. The molecule has 0 aliphatic carbocycles. The first-order valence-electron chi connectivity index (χ1n) is 14.5. The van der Waals surface area contributed by atoms with Crippen molar-refractivity contribution in [1.29, 1.82) is 0 Å². The van der Waals surface area contributed by atoms with Gasteiger partial charge in [0, 0.05) is 11.1 Å². The summed E-state index contributed by atoms with van der Waals surface area (Å²) in [6, 6.07) is 8.74. The molecule has 0 heterocycles. The minimum absolute atomic E-state index is 0.0235. The fourth-order valence-electron chi connectivity index (χ4n) is 5.12. The van der Waals surface area contributed by atoms with Crippen molar-refractivity contribution in [3.05, 3.63) is 57.6 Å². The highest BCUT2D eigenvalue weighted by atomic mass is 16.5. The van der Waals surface area contributed by atoms with Crippen molar-refractivity contribution in [2.24, 2.45) is 0 Å². The van der Waals surface area contributed by atoms with Crippen molar-refractivity contribution in [3.8, 4) is 11.5 Å². The van der Waals surface area contributed by atoms with Crippen LogP contribution in [-0.2, 0) is 23.7 Å². The number of aliphatic hydroxyl groups excluding tert-OH is 2. The SMILES string of the molecule is COc1c(CCCCCCCCc2cc(C(C)(C)C)cc(C(C)O)c2OC)cc(C(C)(C)C)cc1C(C)O. The van der Waals surface area contributed by atoms with Crippen molar-refractivity contribution in [1.82, 2.24) is 0 Å². The molecule has 2 rings (SSSR count). The predicted octanol–water partition coefficient (Wildman–Crippen LogP) is 8.53. The Hall–Kier alpha value is -2.04.